The van der Waals surface area contributed by atoms with E-state index in [0.717, 1.165) is 31.4 Å². The zero-order chi connectivity index (χ0) is 21.6. The van der Waals surface area contributed by atoms with Crippen LogP contribution in [-0.2, 0) is 17.4 Å². The van der Waals surface area contributed by atoms with Crippen LogP contribution in [0.4, 0.5) is 18.9 Å². The van der Waals surface area contributed by atoms with Gasteiger partial charge in [-0.25, -0.2) is 0 Å². The van der Waals surface area contributed by atoms with Gasteiger partial charge in [0.2, 0.25) is 0 Å². The summed E-state index contributed by atoms with van der Waals surface area (Å²) in [5.41, 5.74) is 0.497. The first kappa shape index (κ1) is 21.4. The van der Waals surface area contributed by atoms with E-state index >= 15 is 0 Å². The second kappa shape index (κ2) is 9.49. The summed E-state index contributed by atoms with van der Waals surface area (Å²) in [7, 11) is 0. The number of anilines is 1. The number of benzene rings is 2. The van der Waals surface area contributed by atoms with Gasteiger partial charge in [-0.05, 0) is 48.9 Å². The highest BCUT2D eigenvalue weighted by atomic mass is 19.4. The molecule has 0 aliphatic carbocycles. The Balaban J connectivity index is 1.58. The molecule has 1 fully saturated rings. The van der Waals surface area contributed by atoms with Gasteiger partial charge in [-0.1, -0.05) is 36.4 Å². The number of likely N-dealkylation sites (tertiary alicyclic amines) is 1. The number of hydrogen-bond donors (Lipinski definition) is 1. The molecule has 1 heterocycles. The molecule has 0 atom stereocenters. The molecule has 4 nitrogen and oxygen atoms in total. The first-order valence-corrected chi connectivity index (χ1v) is 9.74. The minimum Gasteiger partial charge on any atom is -0.360 e. The second-order valence-corrected chi connectivity index (χ2v) is 7.32. The van der Waals surface area contributed by atoms with Crippen LogP contribution < -0.4 is 5.32 Å². The average Bonchev–Trinajstić information content (AvgIpc) is 2.75. The number of carbonyl (C=O) groups is 1. The Bertz CT molecular complexity index is 940. The van der Waals surface area contributed by atoms with Crippen LogP contribution in [0.5, 0.6) is 0 Å². The molecule has 1 aliphatic heterocycles. The SMILES string of the molecule is N#C/C(=C/Nc1cccc(C(F)(F)F)c1)C(=O)N1CCC(Cc2ccccc2)CC1. The maximum absolute atomic E-state index is 12.8. The number of alkyl halides is 3. The van der Waals surface area contributed by atoms with Crippen LogP contribution in [0.15, 0.2) is 66.4 Å². The highest BCUT2D eigenvalue weighted by Gasteiger charge is 2.30. The monoisotopic (exact) mass is 413 g/mol. The fourth-order valence-electron chi connectivity index (χ4n) is 3.54. The van der Waals surface area contributed by atoms with Crippen molar-refractivity contribution in [3.8, 4) is 6.07 Å². The van der Waals surface area contributed by atoms with Crippen molar-refractivity contribution in [2.45, 2.75) is 25.4 Å². The maximum atomic E-state index is 12.8. The predicted octanol–water partition coefficient (Wildman–Crippen LogP) is 5.01. The van der Waals surface area contributed by atoms with Crippen molar-refractivity contribution in [1.82, 2.24) is 4.90 Å². The molecule has 3 rings (SSSR count). The average molecular weight is 413 g/mol. The van der Waals surface area contributed by atoms with E-state index in [0.29, 0.717) is 19.0 Å². The molecule has 0 saturated carbocycles. The first-order chi connectivity index (χ1) is 14.4. The van der Waals surface area contributed by atoms with Crippen molar-refractivity contribution in [2.24, 2.45) is 5.92 Å². The second-order valence-electron chi connectivity index (χ2n) is 7.32. The fourth-order valence-corrected chi connectivity index (χ4v) is 3.54. The molecular formula is C23H22F3N3O. The largest absolute Gasteiger partial charge is 0.416 e. The summed E-state index contributed by atoms with van der Waals surface area (Å²) in [6.07, 6.45) is -0.630. The summed E-state index contributed by atoms with van der Waals surface area (Å²) < 4.78 is 38.5. The highest BCUT2D eigenvalue weighted by molar-refractivity contribution is 5.97. The van der Waals surface area contributed by atoms with Gasteiger partial charge in [0.25, 0.3) is 5.91 Å². The number of rotatable bonds is 5. The summed E-state index contributed by atoms with van der Waals surface area (Å²) in [5.74, 6) is 0.0735. The normalized spacial score (nSPS) is 15.5. The van der Waals surface area contributed by atoms with E-state index in [1.165, 1.54) is 23.9 Å². The van der Waals surface area contributed by atoms with Crippen molar-refractivity contribution >= 4 is 11.6 Å². The quantitative estimate of drug-likeness (QED) is 0.554. The number of amides is 1. The van der Waals surface area contributed by atoms with Crippen LogP contribution in [0, 0.1) is 17.2 Å². The lowest BCUT2D eigenvalue weighted by atomic mass is 9.90. The molecule has 0 bridgehead atoms. The summed E-state index contributed by atoms with van der Waals surface area (Å²) in [4.78, 5) is 14.3. The standard InChI is InChI=1S/C23H22F3N3O/c24-23(25,26)20-7-4-8-21(14-20)28-16-19(15-27)22(30)29-11-9-18(10-12-29)13-17-5-2-1-3-6-17/h1-8,14,16,18,28H,9-13H2/b19-16-. The Morgan fingerprint density at radius 3 is 2.47 bits per heavy atom. The van der Waals surface area contributed by atoms with Crippen LogP contribution >= 0.6 is 0 Å². The molecule has 30 heavy (non-hydrogen) atoms. The molecule has 0 radical (unpaired) electrons. The first-order valence-electron chi connectivity index (χ1n) is 9.74. The van der Waals surface area contributed by atoms with Gasteiger partial charge in [-0.3, -0.25) is 4.79 Å². The van der Waals surface area contributed by atoms with Gasteiger partial charge in [-0.15, -0.1) is 0 Å². The number of hydrogen-bond acceptors (Lipinski definition) is 3. The Kier molecular flexibility index (Phi) is 6.78. The van der Waals surface area contributed by atoms with Crippen LogP contribution in [0.3, 0.4) is 0 Å². The molecule has 7 heteroatoms. The molecule has 2 aromatic rings. The van der Waals surface area contributed by atoms with E-state index in [4.69, 9.17) is 0 Å². The van der Waals surface area contributed by atoms with E-state index in [2.05, 4.69) is 17.4 Å². The third-order valence-corrected chi connectivity index (χ3v) is 5.19. The third kappa shape index (κ3) is 5.63. The highest BCUT2D eigenvalue weighted by Crippen LogP contribution is 2.30. The number of piperidine rings is 1. The number of nitriles is 1. The van der Waals surface area contributed by atoms with E-state index in [-0.39, 0.29) is 11.3 Å². The van der Waals surface area contributed by atoms with Crippen molar-refractivity contribution < 1.29 is 18.0 Å². The molecule has 2 aromatic carbocycles. The molecule has 1 aliphatic rings. The number of nitrogens with zero attached hydrogens (tertiary/aromatic N) is 2. The van der Waals surface area contributed by atoms with Gasteiger partial charge in [0.15, 0.2) is 0 Å². The van der Waals surface area contributed by atoms with E-state index in [1.54, 1.807) is 4.90 Å². The molecule has 0 aromatic heterocycles. The van der Waals surface area contributed by atoms with Crippen molar-refractivity contribution in [3.05, 3.63) is 77.5 Å². The minimum absolute atomic E-state index is 0.131. The van der Waals surface area contributed by atoms with Gasteiger partial charge in [-0.2, -0.15) is 18.4 Å². The van der Waals surface area contributed by atoms with Crippen LogP contribution in [-0.4, -0.2) is 23.9 Å². The van der Waals surface area contributed by atoms with Crippen molar-refractivity contribution in [3.63, 3.8) is 0 Å². The summed E-state index contributed by atoms with van der Waals surface area (Å²) in [6.45, 7) is 1.11. The van der Waals surface area contributed by atoms with E-state index < -0.39 is 17.6 Å². The number of halogens is 3. The molecule has 156 valence electrons. The lowest BCUT2D eigenvalue weighted by Gasteiger charge is -2.32. The maximum Gasteiger partial charge on any atom is 0.416 e. The van der Waals surface area contributed by atoms with E-state index in [9.17, 15) is 23.2 Å². The fraction of sp³-hybridized carbons (Fsp3) is 0.304. The Hall–Kier alpha value is -3.27. The molecular weight excluding hydrogens is 391 g/mol. The van der Waals surface area contributed by atoms with Crippen LogP contribution in [0.2, 0.25) is 0 Å². The Morgan fingerprint density at radius 1 is 1.13 bits per heavy atom. The molecule has 0 spiro atoms. The molecule has 0 unspecified atom stereocenters. The lowest BCUT2D eigenvalue weighted by Crippen LogP contribution is -2.39. The van der Waals surface area contributed by atoms with Crippen molar-refractivity contribution in [1.29, 1.82) is 5.26 Å². The Morgan fingerprint density at radius 2 is 1.83 bits per heavy atom. The van der Waals surface area contributed by atoms with Gasteiger partial charge in [0.1, 0.15) is 11.6 Å². The summed E-state index contributed by atoms with van der Waals surface area (Å²) in [5, 5.41) is 12.0. The van der Waals surface area contributed by atoms with Gasteiger partial charge < -0.3 is 10.2 Å². The predicted molar refractivity (Wildman–Crippen MR) is 108 cm³/mol. The number of nitrogens with one attached hydrogen (secondary N) is 1. The minimum atomic E-state index is -4.46. The van der Waals surface area contributed by atoms with Crippen LogP contribution in [0.25, 0.3) is 0 Å². The van der Waals surface area contributed by atoms with Gasteiger partial charge >= 0.3 is 6.18 Å². The van der Waals surface area contributed by atoms with E-state index in [1.807, 2.05) is 24.3 Å². The lowest BCUT2D eigenvalue weighted by molar-refractivity contribution is -0.137. The third-order valence-electron chi connectivity index (χ3n) is 5.19. The molecule has 1 N–H and O–H groups in total. The topological polar surface area (TPSA) is 56.1 Å². The number of carbonyl (C=O) groups excluding carboxylic acids is 1. The Labute approximate surface area is 173 Å². The zero-order valence-electron chi connectivity index (χ0n) is 16.3. The molecule has 1 amide bonds. The van der Waals surface area contributed by atoms with Gasteiger partial charge in [0, 0.05) is 25.0 Å². The molecule has 1 saturated heterocycles. The van der Waals surface area contributed by atoms with Gasteiger partial charge in [0.05, 0.1) is 5.56 Å². The summed E-state index contributed by atoms with van der Waals surface area (Å²) in [6, 6.07) is 16.6. The summed E-state index contributed by atoms with van der Waals surface area (Å²) >= 11 is 0. The smallest absolute Gasteiger partial charge is 0.360 e. The van der Waals surface area contributed by atoms with Crippen molar-refractivity contribution in [2.75, 3.05) is 18.4 Å². The zero-order valence-corrected chi connectivity index (χ0v) is 16.3. The van der Waals surface area contributed by atoms with Crippen LogP contribution in [0.1, 0.15) is 24.0 Å².